The molecule has 0 unspecified atom stereocenters. The van der Waals surface area contributed by atoms with Crippen LogP contribution in [0, 0.1) is 0 Å². The predicted octanol–water partition coefficient (Wildman–Crippen LogP) is 6.86. The minimum Gasteiger partial charge on any atom is -0.454 e. The molecule has 4 aromatic rings. The predicted molar refractivity (Wildman–Crippen MR) is 121 cm³/mol. The Morgan fingerprint density at radius 1 is 0.971 bits per heavy atom. The number of nitrogens with one attached hydrogen (secondary N) is 1. The first-order valence-electron chi connectivity index (χ1n) is 9.82. The van der Waals surface area contributed by atoms with Gasteiger partial charge in [0.05, 0.1) is 18.1 Å². The molecule has 0 saturated carbocycles. The summed E-state index contributed by atoms with van der Waals surface area (Å²) in [5, 5.41) is 10.1. The molecule has 0 bridgehead atoms. The van der Waals surface area contributed by atoms with Crippen LogP contribution in [0.1, 0.15) is 46.1 Å². The topological polar surface area (TPSA) is 77.9 Å². The number of carbonyl (C=O) groups is 1. The summed E-state index contributed by atoms with van der Waals surface area (Å²) in [6.45, 7) is -0.0764. The van der Waals surface area contributed by atoms with Gasteiger partial charge in [-0.05, 0) is 29.8 Å². The third-order valence-electron chi connectivity index (χ3n) is 4.77. The summed E-state index contributed by atoms with van der Waals surface area (Å²) in [5.41, 5.74) is -0.934. The van der Waals surface area contributed by atoms with Crippen molar-refractivity contribution in [2.45, 2.75) is 25.9 Å². The summed E-state index contributed by atoms with van der Waals surface area (Å²) in [7, 11) is 0. The number of anilines is 1. The number of alkyl halides is 4. The van der Waals surface area contributed by atoms with Crippen LogP contribution in [0.5, 0.6) is 0 Å². The van der Waals surface area contributed by atoms with Gasteiger partial charge < -0.3 is 9.73 Å². The number of benzene rings is 1. The molecule has 0 radical (unpaired) electrons. The van der Waals surface area contributed by atoms with Gasteiger partial charge in [0, 0.05) is 11.2 Å². The fraction of sp³-hybridized carbons (Fsp3) is 0.190. The molecule has 3 aromatic heterocycles. The lowest BCUT2D eigenvalue weighted by atomic mass is 10.2. The van der Waals surface area contributed by atoms with Gasteiger partial charge in [-0.2, -0.15) is 10.2 Å². The molecule has 0 aliphatic carbocycles. The van der Waals surface area contributed by atoms with E-state index in [1.54, 1.807) is 12.1 Å². The number of rotatable bonds is 8. The zero-order valence-electron chi connectivity index (χ0n) is 17.4. The van der Waals surface area contributed by atoms with Crippen molar-refractivity contribution < 1.29 is 26.8 Å². The van der Waals surface area contributed by atoms with E-state index in [2.05, 4.69) is 15.5 Å². The Morgan fingerprint density at radius 3 is 2.34 bits per heavy atom. The summed E-state index contributed by atoms with van der Waals surface area (Å²) >= 11 is 17.7. The summed E-state index contributed by atoms with van der Waals surface area (Å²) < 4.78 is 60.2. The Hall–Kier alpha value is -3.02. The minimum absolute atomic E-state index is 0.0106. The zero-order chi connectivity index (χ0) is 25.3. The average Bonchev–Trinajstić information content (AvgIpc) is 3.48. The molecular weight excluding hydrogens is 537 g/mol. The fourth-order valence-electron chi connectivity index (χ4n) is 3.18. The van der Waals surface area contributed by atoms with Crippen LogP contribution in [0.2, 0.25) is 15.1 Å². The normalized spacial score (nSPS) is 11.6. The first-order chi connectivity index (χ1) is 16.6. The van der Waals surface area contributed by atoms with Crippen molar-refractivity contribution in [3.05, 3.63) is 86.1 Å². The van der Waals surface area contributed by atoms with E-state index in [0.717, 1.165) is 5.56 Å². The number of hydrogen-bond acceptors (Lipinski definition) is 4. The number of carbonyl (C=O) groups excluding carboxylic acids is 1. The molecule has 0 aliphatic heterocycles. The van der Waals surface area contributed by atoms with Crippen molar-refractivity contribution in [1.29, 1.82) is 0 Å². The summed E-state index contributed by atoms with van der Waals surface area (Å²) in [4.78, 5) is 12.6. The molecule has 14 heteroatoms. The number of furan rings is 1. The Balaban J connectivity index is 1.46. The van der Waals surface area contributed by atoms with Crippen molar-refractivity contribution in [3.8, 4) is 0 Å². The van der Waals surface area contributed by atoms with Crippen LogP contribution in [0.3, 0.4) is 0 Å². The van der Waals surface area contributed by atoms with E-state index in [4.69, 9.17) is 39.2 Å². The molecule has 0 fully saturated rings. The van der Waals surface area contributed by atoms with Crippen LogP contribution >= 0.6 is 34.8 Å². The molecular formula is C21H14Cl3F4N5O2. The Morgan fingerprint density at radius 2 is 1.69 bits per heavy atom. The fourth-order valence-corrected chi connectivity index (χ4v) is 3.81. The molecule has 1 N–H and O–H groups in total. The Labute approximate surface area is 210 Å². The lowest BCUT2D eigenvalue weighted by Gasteiger charge is -2.05. The number of nitrogens with zero attached hydrogens (tertiary/aromatic N) is 4. The van der Waals surface area contributed by atoms with Crippen molar-refractivity contribution in [2.24, 2.45) is 0 Å². The summed E-state index contributed by atoms with van der Waals surface area (Å²) in [6.07, 6.45) is -4.76. The number of hydrogen-bond donors (Lipinski definition) is 1. The second-order valence-electron chi connectivity index (χ2n) is 7.21. The van der Waals surface area contributed by atoms with E-state index < -0.39 is 41.7 Å². The van der Waals surface area contributed by atoms with E-state index in [9.17, 15) is 22.4 Å². The SMILES string of the molecule is O=C(Nc1nn(Cc2ccc(Cl)cc2)cc1Cl)c1ccc(Cn2nc(C(F)F)c(Cl)c2C(F)F)o1. The quantitative estimate of drug-likeness (QED) is 0.243. The summed E-state index contributed by atoms with van der Waals surface area (Å²) in [6, 6.07) is 9.70. The van der Waals surface area contributed by atoms with Crippen LogP contribution in [0.25, 0.3) is 0 Å². The van der Waals surface area contributed by atoms with E-state index in [0.29, 0.717) is 16.2 Å². The molecule has 184 valence electrons. The second-order valence-corrected chi connectivity index (χ2v) is 8.43. The first-order valence-corrected chi connectivity index (χ1v) is 11.0. The van der Waals surface area contributed by atoms with E-state index >= 15 is 0 Å². The minimum atomic E-state index is -3.15. The molecule has 4 rings (SSSR count). The van der Waals surface area contributed by atoms with Gasteiger partial charge in [0.25, 0.3) is 18.8 Å². The number of halogens is 7. The molecule has 3 heterocycles. The maximum atomic E-state index is 13.3. The van der Waals surface area contributed by atoms with Crippen LogP contribution in [0.4, 0.5) is 23.4 Å². The number of amides is 1. The lowest BCUT2D eigenvalue weighted by molar-refractivity contribution is 0.0993. The lowest BCUT2D eigenvalue weighted by Crippen LogP contribution is -2.12. The van der Waals surface area contributed by atoms with Crippen LogP contribution in [0.15, 0.2) is 47.0 Å². The highest BCUT2D eigenvalue weighted by Crippen LogP contribution is 2.35. The van der Waals surface area contributed by atoms with E-state index in [-0.39, 0.29) is 22.4 Å². The molecule has 0 spiro atoms. The third kappa shape index (κ3) is 5.63. The highest BCUT2D eigenvalue weighted by Gasteiger charge is 2.28. The molecule has 0 atom stereocenters. The molecule has 0 saturated heterocycles. The van der Waals surface area contributed by atoms with Crippen LogP contribution < -0.4 is 5.32 Å². The zero-order valence-corrected chi connectivity index (χ0v) is 19.6. The van der Waals surface area contributed by atoms with Crippen LogP contribution in [-0.4, -0.2) is 25.5 Å². The highest BCUT2D eigenvalue weighted by molar-refractivity contribution is 6.33. The monoisotopic (exact) mass is 549 g/mol. The third-order valence-corrected chi connectivity index (χ3v) is 5.68. The highest BCUT2D eigenvalue weighted by atomic mass is 35.5. The van der Waals surface area contributed by atoms with Crippen molar-refractivity contribution in [2.75, 3.05) is 5.32 Å². The van der Waals surface area contributed by atoms with Gasteiger partial charge in [-0.1, -0.05) is 46.9 Å². The second kappa shape index (κ2) is 10.3. The molecule has 35 heavy (non-hydrogen) atoms. The van der Waals surface area contributed by atoms with Gasteiger partial charge in [0.2, 0.25) is 0 Å². The average molecular weight is 551 g/mol. The Kier molecular flexibility index (Phi) is 7.39. The smallest absolute Gasteiger partial charge is 0.292 e. The van der Waals surface area contributed by atoms with Gasteiger partial charge in [0.15, 0.2) is 11.6 Å². The maximum absolute atomic E-state index is 13.3. The van der Waals surface area contributed by atoms with E-state index in [1.165, 1.54) is 23.0 Å². The summed E-state index contributed by atoms with van der Waals surface area (Å²) in [5.74, 6) is -0.814. The molecule has 1 amide bonds. The van der Waals surface area contributed by atoms with Gasteiger partial charge in [-0.15, -0.1) is 0 Å². The Bertz CT molecular complexity index is 1350. The van der Waals surface area contributed by atoms with Crippen LogP contribution in [-0.2, 0) is 13.1 Å². The maximum Gasteiger partial charge on any atom is 0.292 e. The molecule has 0 aliphatic rings. The van der Waals surface area contributed by atoms with Gasteiger partial charge in [-0.3, -0.25) is 14.2 Å². The van der Waals surface area contributed by atoms with Gasteiger partial charge in [-0.25, -0.2) is 17.6 Å². The van der Waals surface area contributed by atoms with Crippen molar-refractivity contribution >= 4 is 46.5 Å². The van der Waals surface area contributed by atoms with Gasteiger partial charge >= 0.3 is 0 Å². The van der Waals surface area contributed by atoms with Crippen molar-refractivity contribution in [3.63, 3.8) is 0 Å². The first kappa shape index (κ1) is 25.1. The van der Waals surface area contributed by atoms with Crippen molar-refractivity contribution in [1.82, 2.24) is 19.6 Å². The van der Waals surface area contributed by atoms with E-state index in [1.807, 2.05) is 12.1 Å². The molecule has 7 nitrogen and oxygen atoms in total. The number of aromatic nitrogens is 4. The molecule has 1 aromatic carbocycles. The standard InChI is InChI=1S/C21H14Cl3F4N5O2/c22-11-3-1-10(2-4-11)7-32-9-13(23)20(31-32)29-21(34)14-6-5-12(35-14)8-33-17(19(27)28)15(24)16(30-33)18(25)26/h1-6,9,18-19H,7-8H2,(H,29,31,34). The largest absolute Gasteiger partial charge is 0.454 e. The van der Waals surface area contributed by atoms with Gasteiger partial charge in [0.1, 0.15) is 22.2 Å².